The quantitative estimate of drug-likeness (QED) is 0.653. The van der Waals surface area contributed by atoms with E-state index in [9.17, 15) is 4.79 Å². The molecule has 5 nitrogen and oxygen atoms in total. The Morgan fingerprint density at radius 3 is 3.21 bits per heavy atom. The number of hydrogen-bond acceptors (Lipinski definition) is 3. The van der Waals surface area contributed by atoms with Gasteiger partial charge >= 0.3 is 0 Å². The van der Waals surface area contributed by atoms with Gasteiger partial charge in [-0.05, 0) is 6.92 Å². The van der Waals surface area contributed by atoms with Crippen LogP contribution in [0.1, 0.15) is 17.4 Å². The monoisotopic (exact) mass is 194 g/mol. The van der Waals surface area contributed by atoms with Gasteiger partial charge in [-0.25, -0.2) is 4.98 Å². The number of nitrogens with one attached hydrogen (secondary N) is 2. The van der Waals surface area contributed by atoms with Crippen LogP contribution in [0.2, 0.25) is 0 Å². The molecule has 0 bridgehead atoms. The number of carbonyl (C=O) groups is 1. The Bertz CT molecular complexity index is 309. The number of aromatic amines is 1. The van der Waals surface area contributed by atoms with Crippen molar-refractivity contribution in [1.29, 1.82) is 0 Å². The third kappa shape index (κ3) is 1.77. The first kappa shape index (κ1) is 9.21. The van der Waals surface area contributed by atoms with Crippen LogP contribution in [0.15, 0.2) is 12.5 Å². The number of hydrogen-bond donors (Lipinski definition) is 2. The van der Waals surface area contributed by atoms with E-state index in [4.69, 9.17) is 0 Å². The van der Waals surface area contributed by atoms with Crippen molar-refractivity contribution in [2.24, 2.45) is 0 Å². The van der Waals surface area contributed by atoms with Crippen LogP contribution in [0.25, 0.3) is 0 Å². The van der Waals surface area contributed by atoms with Crippen LogP contribution in [0.3, 0.4) is 0 Å². The van der Waals surface area contributed by atoms with Gasteiger partial charge in [0, 0.05) is 25.7 Å². The summed E-state index contributed by atoms with van der Waals surface area (Å²) in [6, 6.07) is 0.371. The van der Waals surface area contributed by atoms with E-state index in [1.807, 2.05) is 4.90 Å². The normalized spacial score (nSPS) is 22.4. The predicted octanol–water partition coefficient (Wildman–Crippen LogP) is -0.156. The topological polar surface area (TPSA) is 61.0 Å². The molecule has 0 aliphatic carbocycles. The molecule has 5 heteroatoms. The van der Waals surface area contributed by atoms with Gasteiger partial charge in [-0.15, -0.1) is 0 Å². The van der Waals surface area contributed by atoms with E-state index in [-0.39, 0.29) is 5.91 Å². The standard InChI is InChI=1S/C9H14N4O/c1-7-5-13(3-2-11-7)9(14)8-4-10-6-12-8/h4,6-7,11H,2-3,5H2,1H3,(H,10,12). The first-order chi connectivity index (χ1) is 6.77. The zero-order valence-corrected chi connectivity index (χ0v) is 8.16. The fraction of sp³-hybridized carbons (Fsp3) is 0.556. The average Bonchev–Trinajstić information content (AvgIpc) is 2.69. The van der Waals surface area contributed by atoms with Gasteiger partial charge in [-0.2, -0.15) is 0 Å². The molecule has 1 atom stereocenters. The lowest BCUT2D eigenvalue weighted by Gasteiger charge is -2.31. The molecule has 1 aromatic heterocycles. The van der Waals surface area contributed by atoms with Gasteiger partial charge in [0.2, 0.25) is 0 Å². The Hall–Kier alpha value is -1.36. The van der Waals surface area contributed by atoms with Gasteiger partial charge in [-0.3, -0.25) is 4.79 Å². The maximum absolute atomic E-state index is 11.8. The van der Waals surface area contributed by atoms with Gasteiger partial charge < -0.3 is 15.2 Å². The first-order valence-electron chi connectivity index (χ1n) is 4.78. The maximum atomic E-state index is 11.8. The van der Waals surface area contributed by atoms with Crippen molar-refractivity contribution < 1.29 is 4.79 Å². The van der Waals surface area contributed by atoms with Crippen LogP contribution >= 0.6 is 0 Å². The second-order valence-electron chi connectivity index (χ2n) is 3.57. The summed E-state index contributed by atoms with van der Waals surface area (Å²) in [6.07, 6.45) is 3.09. The molecule has 1 aliphatic heterocycles. The van der Waals surface area contributed by atoms with E-state index in [0.29, 0.717) is 11.7 Å². The van der Waals surface area contributed by atoms with Crippen molar-refractivity contribution in [3.8, 4) is 0 Å². The summed E-state index contributed by atoms with van der Waals surface area (Å²) in [4.78, 5) is 20.3. The molecule has 0 saturated carbocycles. The molecule has 2 N–H and O–H groups in total. The second kappa shape index (κ2) is 3.79. The van der Waals surface area contributed by atoms with E-state index in [2.05, 4.69) is 22.2 Å². The Labute approximate surface area is 82.5 Å². The largest absolute Gasteiger partial charge is 0.341 e. The molecule has 1 fully saturated rings. The Balaban J connectivity index is 2.04. The molecule has 1 unspecified atom stereocenters. The van der Waals surface area contributed by atoms with E-state index in [0.717, 1.165) is 19.6 Å². The van der Waals surface area contributed by atoms with Crippen molar-refractivity contribution in [1.82, 2.24) is 20.2 Å². The molecule has 1 aliphatic rings. The molecular weight excluding hydrogens is 180 g/mol. The minimum Gasteiger partial charge on any atom is -0.341 e. The number of rotatable bonds is 1. The molecule has 2 heterocycles. The molecule has 2 rings (SSSR count). The van der Waals surface area contributed by atoms with Crippen LogP contribution in [0.4, 0.5) is 0 Å². The van der Waals surface area contributed by atoms with Gasteiger partial charge in [0.25, 0.3) is 5.91 Å². The molecule has 76 valence electrons. The van der Waals surface area contributed by atoms with Gasteiger partial charge in [0.1, 0.15) is 5.69 Å². The minimum absolute atomic E-state index is 0.0378. The zero-order chi connectivity index (χ0) is 9.97. The number of piperazine rings is 1. The second-order valence-corrected chi connectivity index (χ2v) is 3.57. The van der Waals surface area contributed by atoms with Crippen LogP contribution < -0.4 is 5.32 Å². The molecule has 1 amide bonds. The fourth-order valence-corrected chi connectivity index (χ4v) is 1.66. The van der Waals surface area contributed by atoms with E-state index < -0.39 is 0 Å². The number of aromatic nitrogens is 2. The van der Waals surface area contributed by atoms with Gasteiger partial charge in [-0.1, -0.05) is 0 Å². The number of carbonyl (C=O) groups excluding carboxylic acids is 1. The number of imidazole rings is 1. The molecule has 0 radical (unpaired) electrons. The molecule has 14 heavy (non-hydrogen) atoms. The van der Waals surface area contributed by atoms with Crippen molar-refractivity contribution in [2.75, 3.05) is 19.6 Å². The highest BCUT2D eigenvalue weighted by molar-refractivity contribution is 5.92. The Morgan fingerprint density at radius 2 is 2.57 bits per heavy atom. The van der Waals surface area contributed by atoms with Crippen molar-refractivity contribution >= 4 is 5.91 Å². The van der Waals surface area contributed by atoms with Crippen LogP contribution in [0.5, 0.6) is 0 Å². The Kier molecular flexibility index (Phi) is 2.49. The minimum atomic E-state index is 0.0378. The maximum Gasteiger partial charge on any atom is 0.272 e. The number of H-pyrrole nitrogens is 1. The van der Waals surface area contributed by atoms with Crippen molar-refractivity contribution in [3.63, 3.8) is 0 Å². The van der Waals surface area contributed by atoms with Crippen molar-refractivity contribution in [3.05, 3.63) is 18.2 Å². The lowest BCUT2D eigenvalue weighted by molar-refractivity contribution is 0.0704. The van der Waals surface area contributed by atoms with Crippen LogP contribution in [-0.4, -0.2) is 46.5 Å². The van der Waals surface area contributed by atoms with Crippen LogP contribution in [-0.2, 0) is 0 Å². The SMILES string of the molecule is CC1CN(C(=O)c2cnc[nH]2)CCN1. The third-order valence-corrected chi connectivity index (χ3v) is 2.38. The van der Waals surface area contributed by atoms with Crippen molar-refractivity contribution in [2.45, 2.75) is 13.0 Å². The molecule has 0 spiro atoms. The molecule has 1 aromatic rings. The number of nitrogens with zero attached hydrogens (tertiary/aromatic N) is 2. The predicted molar refractivity (Wildman–Crippen MR) is 52.0 cm³/mol. The van der Waals surface area contributed by atoms with E-state index >= 15 is 0 Å². The highest BCUT2D eigenvalue weighted by atomic mass is 16.2. The lowest BCUT2D eigenvalue weighted by Crippen LogP contribution is -2.51. The summed E-state index contributed by atoms with van der Waals surface area (Å²) in [7, 11) is 0. The van der Waals surface area contributed by atoms with E-state index in [1.165, 1.54) is 6.33 Å². The lowest BCUT2D eigenvalue weighted by atomic mass is 10.2. The Morgan fingerprint density at radius 1 is 1.71 bits per heavy atom. The summed E-state index contributed by atoms with van der Waals surface area (Å²) in [5.74, 6) is 0.0378. The average molecular weight is 194 g/mol. The molecule has 0 aromatic carbocycles. The molecule has 1 saturated heterocycles. The summed E-state index contributed by atoms with van der Waals surface area (Å²) >= 11 is 0. The van der Waals surface area contributed by atoms with E-state index in [1.54, 1.807) is 6.20 Å². The van der Waals surface area contributed by atoms with Gasteiger partial charge in [0.15, 0.2) is 0 Å². The third-order valence-electron chi connectivity index (χ3n) is 2.38. The highest BCUT2D eigenvalue weighted by Crippen LogP contribution is 2.04. The highest BCUT2D eigenvalue weighted by Gasteiger charge is 2.21. The fourth-order valence-electron chi connectivity index (χ4n) is 1.66. The van der Waals surface area contributed by atoms with Crippen LogP contribution in [0, 0.1) is 0 Å². The summed E-state index contributed by atoms with van der Waals surface area (Å²) in [6.45, 7) is 4.47. The summed E-state index contributed by atoms with van der Waals surface area (Å²) in [5, 5.41) is 3.29. The smallest absolute Gasteiger partial charge is 0.272 e. The van der Waals surface area contributed by atoms with Gasteiger partial charge in [0.05, 0.1) is 12.5 Å². The summed E-state index contributed by atoms with van der Waals surface area (Å²) in [5.41, 5.74) is 0.569. The molecular formula is C9H14N4O. The number of amides is 1. The summed E-state index contributed by atoms with van der Waals surface area (Å²) < 4.78 is 0. The zero-order valence-electron chi connectivity index (χ0n) is 8.16. The first-order valence-corrected chi connectivity index (χ1v) is 4.78.